The molecule has 0 unspecified atom stereocenters. The summed E-state index contributed by atoms with van der Waals surface area (Å²) in [5.41, 5.74) is 0.985. The molecule has 0 bridgehead atoms. The van der Waals surface area contributed by atoms with E-state index in [-0.39, 0.29) is 5.75 Å². The van der Waals surface area contributed by atoms with Gasteiger partial charge < -0.3 is 5.32 Å². The first-order valence-corrected chi connectivity index (χ1v) is 7.00. The van der Waals surface area contributed by atoms with E-state index in [2.05, 4.69) is 15.0 Å². The van der Waals surface area contributed by atoms with Crippen molar-refractivity contribution in [3.63, 3.8) is 0 Å². The van der Waals surface area contributed by atoms with Crippen LogP contribution in [0.2, 0.25) is 0 Å². The number of nitrogens with zero attached hydrogens (tertiary/aromatic N) is 1. The third kappa shape index (κ3) is 3.77. The molecule has 0 aliphatic heterocycles. The standard InChI is InChI=1S/C8H15N3O2S2/c1-6-7(2)14-8(11-6)10-4-5-15(12,13)9-3/h9H,4-5H2,1-3H3,(H,10,11). The maximum absolute atomic E-state index is 11.1. The lowest BCUT2D eigenvalue weighted by Crippen LogP contribution is -2.26. The number of sulfonamides is 1. The van der Waals surface area contributed by atoms with Gasteiger partial charge in [0.05, 0.1) is 11.4 Å². The van der Waals surface area contributed by atoms with E-state index in [1.807, 2.05) is 13.8 Å². The summed E-state index contributed by atoms with van der Waals surface area (Å²) in [7, 11) is -1.72. The fourth-order valence-corrected chi connectivity index (χ4v) is 2.36. The summed E-state index contributed by atoms with van der Waals surface area (Å²) in [5.74, 6) is 0.0567. The predicted molar refractivity (Wildman–Crippen MR) is 62.9 cm³/mol. The van der Waals surface area contributed by atoms with Crippen LogP contribution >= 0.6 is 11.3 Å². The Balaban J connectivity index is 2.45. The smallest absolute Gasteiger partial charge is 0.213 e. The molecule has 0 fully saturated rings. The lowest BCUT2D eigenvalue weighted by Gasteiger charge is -2.02. The van der Waals surface area contributed by atoms with Crippen molar-refractivity contribution in [1.29, 1.82) is 0 Å². The molecule has 0 radical (unpaired) electrons. The highest BCUT2D eigenvalue weighted by atomic mass is 32.2. The summed E-state index contributed by atoms with van der Waals surface area (Å²) in [6.07, 6.45) is 0. The number of rotatable bonds is 5. The largest absolute Gasteiger partial charge is 0.360 e. The number of hydrogen-bond donors (Lipinski definition) is 2. The van der Waals surface area contributed by atoms with Crippen molar-refractivity contribution in [2.45, 2.75) is 13.8 Å². The third-order valence-corrected chi connectivity index (χ3v) is 4.38. The van der Waals surface area contributed by atoms with Crippen molar-refractivity contribution < 1.29 is 8.42 Å². The van der Waals surface area contributed by atoms with Gasteiger partial charge >= 0.3 is 0 Å². The van der Waals surface area contributed by atoms with Gasteiger partial charge in [-0.2, -0.15) is 0 Å². The Morgan fingerprint density at radius 1 is 1.40 bits per heavy atom. The number of hydrogen-bond acceptors (Lipinski definition) is 5. The van der Waals surface area contributed by atoms with Crippen LogP contribution in [0, 0.1) is 13.8 Å². The molecule has 7 heteroatoms. The fourth-order valence-electron chi connectivity index (χ4n) is 0.943. The van der Waals surface area contributed by atoms with E-state index in [1.54, 1.807) is 0 Å². The number of anilines is 1. The lowest BCUT2D eigenvalue weighted by molar-refractivity contribution is 0.588. The van der Waals surface area contributed by atoms with Crippen LogP contribution in [0.25, 0.3) is 0 Å². The molecule has 0 aromatic carbocycles. The minimum absolute atomic E-state index is 0.0567. The molecule has 2 N–H and O–H groups in total. The first kappa shape index (κ1) is 12.4. The van der Waals surface area contributed by atoms with Crippen LogP contribution in [0.5, 0.6) is 0 Å². The zero-order valence-corrected chi connectivity index (χ0v) is 10.6. The van der Waals surface area contributed by atoms with Crippen LogP contribution in [-0.4, -0.2) is 32.7 Å². The molecule has 0 amide bonds. The highest BCUT2D eigenvalue weighted by Gasteiger charge is 2.07. The van der Waals surface area contributed by atoms with Crippen LogP contribution in [0.3, 0.4) is 0 Å². The molecule has 86 valence electrons. The van der Waals surface area contributed by atoms with E-state index in [1.165, 1.54) is 18.4 Å². The zero-order valence-electron chi connectivity index (χ0n) is 8.99. The fraction of sp³-hybridized carbons (Fsp3) is 0.625. The molecule has 1 rings (SSSR count). The summed E-state index contributed by atoms with van der Waals surface area (Å²) in [4.78, 5) is 5.39. The molecular formula is C8H15N3O2S2. The van der Waals surface area contributed by atoms with Crippen molar-refractivity contribution in [2.75, 3.05) is 24.7 Å². The summed E-state index contributed by atoms with van der Waals surface area (Å²) < 4.78 is 24.4. The van der Waals surface area contributed by atoms with Crippen LogP contribution in [0.1, 0.15) is 10.6 Å². The molecule has 0 saturated heterocycles. The van der Waals surface area contributed by atoms with E-state index >= 15 is 0 Å². The van der Waals surface area contributed by atoms with E-state index in [4.69, 9.17) is 0 Å². The first-order chi connectivity index (χ1) is 6.94. The van der Waals surface area contributed by atoms with Crippen molar-refractivity contribution in [1.82, 2.24) is 9.71 Å². The Kier molecular flexibility index (Phi) is 4.06. The summed E-state index contributed by atoms with van der Waals surface area (Å²) in [6.45, 7) is 4.29. The Hall–Kier alpha value is -0.660. The van der Waals surface area contributed by atoms with Gasteiger partial charge in [-0.3, -0.25) is 0 Å². The molecule has 0 aliphatic rings. The number of nitrogens with one attached hydrogen (secondary N) is 2. The van der Waals surface area contributed by atoms with Crippen molar-refractivity contribution >= 4 is 26.5 Å². The molecule has 1 heterocycles. The highest BCUT2D eigenvalue weighted by molar-refractivity contribution is 7.89. The van der Waals surface area contributed by atoms with Gasteiger partial charge in [0, 0.05) is 11.4 Å². The number of aryl methyl sites for hydroxylation is 2. The molecule has 15 heavy (non-hydrogen) atoms. The van der Waals surface area contributed by atoms with Crippen LogP contribution in [0.4, 0.5) is 5.13 Å². The second kappa shape index (κ2) is 4.91. The summed E-state index contributed by atoms with van der Waals surface area (Å²) in [6, 6.07) is 0. The Labute approximate surface area is 94.0 Å². The van der Waals surface area contributed by atoms with E-state index in [0.717, 1.165) is 15.7 Å². The second-order valence-corrected chi connectivity index (χ2v) is 6.36. The van der Waals surface area contributed by atoms with Gasteiger partial charge in [-0.15, -0.1) is 11.3 Å². The molecule has 0 saturated carbocycles. The average molecular weight is 249 g/mol. The van der Waals surface area contributed by atoms with Crippen molar-refractivity contribution in [3.05, 3.63) is 10.6 Å². The third-order valence-electron chi connectivity index (χ3n) is 1.99. The van der Waals surface area contributed by atoms with E-state index in [9.17, 15) is 8.42 Å². The molecule has 0 atom stereocenters. The number of aromatic nitrogens is 1. The van der Waals surface area contributed by atoms with Gasteiger partial charge in [0.1, 0.15) is 0 Å². The number of thiazole rings is 1. The van der Waals surface area contributed by atoms with Crippen LogP contribution in [-0.2, 0) is 10.0 Å². The van der Waals surface area contributed by atoms with Gasteiger partial charge in [0.2, 0.25) is 10.0 Å². The molecular weight excluding hydrogens is 234 g/mol. The Morgan fingerprint density at radius 2 is 2.07 bits per heavy atom. The van der Waals surface area contributed by atoms with Gasteiger partial charge in [-0.1, -0.05) is 0 Å². The quantitative estimate of drug-likeness (QED) is 0.806. The normalized spacial score (nSPS) is 11.7. The predicted octanol–water partition coefficient (Wildman–Crippen LogP) is 0.721. The molecule has 5 nitrogen and oxygen atoms in total. The van der Waals surface area contributed by atoms with Crippen LogP contribution < -0.4 is 10.0 Å². The molecule has 0 spiro atoms. The second-order valence-electron chi connectivity index (χ2n) is 3.11. The zero-order chi connectivity index (χ0) is 11.5. The molecule has 1 aromatic rings. The minimum atomic E-state index is -3.13. The Morgan fingerprint density at radius 3 is 2.53 bits per heavy atom. The summed E-state index contributed by atoms with van der Waals surface area (Å²) in [5, 5.41) is 3.76. The highest BCUT2D eigenvalue weighted by Crippen LogP contribution is 2.20. The topological polar surface area (TPSA) is 71.1 Å². The monoisotopic (exact) mass is 249 g/mol. The van der Waals surface area contributed by atoms with Gasteiger partial charge in [-0.05, 0) is 20.9 Å². The first-order valence-electron chi connectivity index (χ1n) is 4.54. The maximum Gasteiger partial charge on any atom is 0.213 e. The minimum Gasteiger partial charge on any atom is -0.360 e. The van der Waals surface area contributed by atoms with Crippen molar-refractivity contribution in [2.24, 2.45) is 0 Å². The van der Waals surface area contributed by atoms with Gasteiger partial charge in [0.25, 0.3) is 0 Å². The molecule has 0 aliphatic carbocycles. The average Bonchev–Trinajstić information content (AvgIpc) is 2.46. The van der Waals surface area contributed by atoms with Gasteiger partial charge in [-0.25, -0.2) is 18.1 Å². The SMILES string of the molecule is CNS(=O)(=O)CCNc1nc(C)c(C)s1. The maximum atomic E-state index is 11.1. The van der Waals surface area contributed by atoms with Gasteiger partial charge in [0.15, 0.2) is 5.13 Å². The lowest BCUT2D eigenvalue weighted by atomic mass is 10.4. The summed E-state index contributed by atoms with van der Waals surface area (Å²) >= 11 is 1.54. The van der Waals surface area contributed by atoms with Crippen molar-refractivity contribution in [3.8, 4) is 0 Å². The van der Waals surface area contributed by atoms with E-state index in [0.29, 0.717) is 6.54 Å². The molecule has 1 aromatic heterocycles. The van der Waals surface area contributed by atoms with E-state index < -0.39 is 10.0 Å². The van der Waals surface area contributed by atoms with Crippen LogP contribution in [0.15, 0.2) is 0 Å². The Bertz CT molecular complexity index is 406.